The minimum absolute atomic E-state index is 0.225. The molecule has 2 fully saturated rings. The first-order valence-electron chi connectivity index (χ1n) is 7.83. The molecule has 0 radical (unpaired) electrons. The van der Waals surface area contributed by atoms with E-state index in [1.165, 1.54) is 46.1 Å². The van der Waals surface area contributed by atoms with Crippen molar-refractivity contribution in [2.45, 2.75) is 32.6 Å². The number of hydrogen-bond acceptors (Lipinski definition) is 3. The van der Waals surface area contributed by atoms with Gasteiger partial charge in [0.25, 0.3) is 0 Å². The number of Topliss-reactive ketones (excluding diaryl/α,β-unsaturated/α-hetero) is 1. The summed E-state index contributed by atoms with van der Waals surface area (Å²) in [4.78, 5) is 12.1. The van der Waals surface area contributed by atoms with Gasteiger partial charge < -0.3 is 0 Å². The Morgan fingerprint density at radius 2 is 1.62 bits per heavy atom. The van der Waals surface area contributed by atoms with E-state index in [0.717, 1.165) is 6.42 Å². The number of allylic oxidation sites excluding steroid dienone is 1. The summed E-state index contributed by atoms with van der Waals surface area (Å²) < 4.78 is 1.47. The Hall–Kier alpha value is -0.670. The van der Waals surface area contributed by atoms with Crippen LogP contribution in [0.2, 0.25) is 0 Å². The predicted octanol–water partition coefficient (Wildman–Crippen LogP) is 5.23. The quantitative estimate of drug-likeness (QED) is 0.759. The van der Waals surface area contributed by atoms with Crippen LogP contribution in [-0.4, -0.2) is 17.3 Å². The molecule has 2 aliphatic rings. The van der Waals surface area contributed by atoms with Crippen molar-refractivity contribution in [1.82, 2.24) is 0 Å². The second-order valence-electron chi connectivity index (χ2n) is 5.87. The van der Waals surface area contributed by atoms with Crippen LogP contribution >= 0.6 is 23.5 Å². The Kier molecular flexibility index (Phi) is 5.12. The van der Waals surface area contributed by atoms with E-state index in [1.54, 1.807) is 6.92 Å². The third kappa shape index (κ3) is 3.40. The summed E-state index contributed by atoms with van der Waals surface area (Å²) in [6, 6.07) is 10.7. The van der Waals surface area contributed by atoms with E-state index < -0.39 is 0 Å². The zero-order valence-corrected chi connectivity index (χ0v) is 14.1. The molecule has 21 heavy (non-hydrogen) atoms. The van der Waals surface area contributed by atoms with Gasteiger partial charge in [-0.1, -0.05) is 43.2 Å². The van der Waals surface area contributed by atoms with E-state index in [1.807, 2.05) is 23.5 Å². The van der Waals surface area contributed by atoms with Crippen LogP contribution < -0.4 is 0 Å². The molecule has 0 aromatic heterocycles. The summed E-state index contributed by atoms with van der Waals surface area (Å²) >= 11 is 3.97. The third-order valence-electron chi connectivity index (χ3n) is 4.51. The molecule has 1 saturated carbocycles. The fourth-order valence-electron chi connectivity index (χ4n) is 3.53. The number of carbonyl (C=O) groups excluding carboxylic acids is 1. The number of rotatable bonds is 3. The van der Waals surface area contributed by atoms with E-state index in [-0.39, 0.29) is 5.92 Å². The first-order chi connectivity index (χ1) is 10.3. The van der Waals surface area contributed by atoms with E-state index >= 15 is 0 Å². The Morgan fingerprint density at radius 3 is 2.24 bits per heavy atom. The minimum atomic E-state index is 0.225. The highest BCUT2D eigenvalue weighted by Crippen LogP contribution is 2.49. The topological polar surface area (TPSA) is 17.1 Å². The molecule has 1 heterocycles. The standard InChI is InChI=1S/C18H22OS2/c1-13(19)15-9-5-6-10-16(15)17(18-20-11-12-21-18)14-7-3-2-4-8-14/h2-4,7-8,15-16H,5-6,9-12H2,1H3. The maximum absolute atomic E-state index is 12.1. The summed E-state index contributed by atoms with van der Waals surface area (Å²) in [6.45, 7) is 1.78. The van der Waals surface area contributed by atoms with Gasteiger partial charge in [-0.15, -0.1) is 23.5 Å². The van der Waals surface area contributed by atoms with E-state index in [2.05, 4.69) is 30.3 Å². The molecule has 1 saturated heterocycles. The molecule has 1 nitrogen and oxygen atoms in total. The molecule has 1 aliphatic carbocycles. The molecule has 0 N–H and O–H groups in total. The zero-order valence-electron chi connectivity index (χ0n) is 12.5. The Balaban J connectivity index is 2.02. The summed E-state index contributed by atoms with van der Waals surface area (Å²) in [5, 5.41) is 0. The lowest BCUT2D eigenvalue weighted by Gasteiger charge is -2.33. The molecule has 0 spiro atoms. The van der Waals surface area contributed by atoms with Crippen molar-refractivity contribution in [3.63, 3.8) is 0 Å². The fourth-order valence-corrected chi connectivity index (χ4v) is 6.25. The number of carbonyl (C=O) groups is 1. The highest BCUT2D eigenvalue weighted by Gasteiger charge is 2.34. The largest absolute Gasteiger partial charge is 0.300 e. The highest BCUT2D eigenvalue weighted by molar-refractivity contribution is 8.25. The maximum atomic E-state index is 12.1. The van der Waals surface area contributed by atoms with Crippen LogP contribution in [-0.2, 0) is 4.79 Å². The summed E-state index contributed by atoms with van der Waals surface area (Å²) in [7, 11) is 0. The van der Waals surface area contributed by atoms with Crippen molar-refractivity contribution in [3.05, 3.63) is 40.1 Å². The lowest BCUT2D eigenvalue weighted by atomic mass is 9.72. The van der Waals surface area contributed by atoms with Gasteiger partial charge in [0.05, 0.1) is 0 Å². The van der Waals surface area contributed by atoms with Gasteiger partial charge in [-0.2, -0.15) is 0 Å². The normalized spacial score (nSPS) is 25.9. The lowest BCUT2D eigenvalue weighted by molar-refractivity contribution is -0.122. The van der Waals surface area contributed by atoms with Gasteiger partial charge >= 0.3 is 0 Å². The second kappa shape index (κ2) is 7.06. The molecule has 3 heteroatoms. The molecule has 1 aliphatic heterocycles. The molecular weight excluding hydrogens is 296 g/mol. The van der Waals surface area contributed by atoms with E-state index in [0.29, 0.717) is 11.7 Å². The molecule has 0 amide bonds. The van der Waals surface area contributed by atoms with Crippen LogP contribution in [0, 0.1) is 11.8 Å². The third-order valence-corrected chi connectivity index (χ3v) is 7.26. The average molecular weight is 319 g/mol. The number of benzene rings is 1. The van der Waals surface area contributed by atoms with Gasteiger partial charge in [-0.05, 0) is 36.8 Å². The van der Waals surface area contributed by atoms with Crippen LogP contribution in [0.25, 0.3) is 5.57 Å². The van der Waals surface area contributed by atoms with Crippen molar-refractivity contribution in [3.8, 4) is 0 Å². The molecule has 112 valence electrons. The van der Waals surface area contributed by atoms with Crippen LogP contribution in [0.5, 0.6) is 0 Å². The van der Waals surface area contributed by atoms with Crippen LogP contribution in [0.1, 0.15) is 38.2 Å². The average Bonchev–Trinajstić information content (AvgIpc) is 3.03. The van der Waals surface area contributed by atoms with Crippen LogP contribution in [0.4, 0.5) is 0 Å². The second-order valence-corrected chi connectivity index (χ2v) is 8.34. The van der Waals surface area contributed by atoms with Crippen LogP contribution in [0.3, 0.4) is 0 Å². The molecule has 1 aromatic carbocycles. The first kappa shape index (κ1) is 15.2. The van der Waals surface area contributed by atoms with Crippen molar-refractivity contribution in [2.24, 2.45) is 11.8 Å². The van der Waals surface area contributed by atoms with Gasteiger partial charge in [0.2, 0.25) is 0 Å². The van der Waals surface area contributed by atoms with E-state index in [9.17, 15) is 4.79 Å². The first-order valence-corrected chi connectivity index (χ1v) is 9.80. The molecule has 1 aromatic rings. The molecule has 2 unspecified atom stereocenters. The summed E-state index contributed by atoms with van der Waals surface area (Å²) in [5.41, 5.74) is 2.79. The SMILES string of the molecule is CC(=O)C1CCCCC1C(=C1SCCS1)c1ccccc1. The molecular formula is C18H22OS2. The molecule has 0 bridgehead atoms. The van der Waals surface area contributed by atoms with Crippen molar-refractivity contribution in [1.29, 1.82) is 0 Å². The van der Waals surface area contributed by atoms with Gasteiger partial charge in [0.15, 0.2) is 0 Å². The van der Waals surface area contributed by atoms with Crippen molar-refractivity contribution in [2.75, 3.05) is 11.5 Å². The minimum Gasteiger partial charge on any atom is -0.300 e. The smallest absolute Gasteiger partial charge is 0.133 e. The van der Waals surface area contributed by atoms with Gasteiger partial charge in [-0.25, -0.2) is 0 Å². The fraction of sp³-hybridized carbons (Fsp3) is 0.500. The summed E-state index contributed by atoms with van der Waals surface area (Å²) in [5.74, 6) is 3.43. The van der Waals surface area contributed by atoms with Crippen molar-refractivity contribution < 1.29 is 4.79 Å². The van der Waals surface area contributed by atoms with Crippen molar-refractivity contribution >= 4 is 34.9 Å². The molecule has 2 atom stereocenters. The number of ketones is 1. The molecule has 3 rings (SSSR count). The lowest BCUT2D eigenvalue weighted by Crippen LogP contribution is -2.26. The maximum Gasteiger partial charge on any atom is 0.133 e. The van der Waals surface area contributed by atoms with Crippen LogP contribution in [0.15, 0.2) is 34.6 Å². The Bertz CT molecular complexity index is 527. The van der Waals surface area contributed by atoms with Gasteiger partial charge in [0.1, 0.15) is 5.78 Å². The van der Waals surface area contributed by atoms with Gasteiger partial charge in [0, 0.05) is 21.7 Å². The Morgan fingerprint density at radius 1 is 1.00 bits per heavy atom. The van der Waals surface area contributed by atoms with E-state index in [4.69, 9.17) is 0 Å². The Labute approximate surface area is 136 Å². The van der Waals surface area contributed by atoms with Gasteiger partial charge in [-0.3, -0.25) is 4.79 Å². The predicted molar refractivity (Wildman–Crippen MR) is 94.4 cm³/mol. The number of hydrogen-bond donors (Lipinski definition) is 0. The highest BCUT2D eigenvalue weighted by atomic mass is 32.2. The number of thioether (sulfide) groups is 2. The monoisotopic (exact) mass is 318 g/mol. The zero-order chi connectivity index (χ0) is 14.7. The summed E-state index contributed by atoms with van der Waals surface area (Å²) in [6.07, 6.45) is 4.70.